The maximum absolute atomic E-state index is 13.5. The molecular weight excluding hydrogens is 419 g/mol. The lowest BCUT2D eigenvalue weighted by Crippen LogP contribution is -2.07. The molecule has 0 fully saturated rings. The van der Waals surface area contributed by atoms with Gasteiger partial charge in [0.25, 0.3) is 5.69 Å². The molecule has 0 atom stereocenters. The van der Waals surface area contributed by atoms with Crippen LogP contribution in [0.4, 0.5) is 18.9 Å². The quantitative estimate of drug-likeness (QED) is 0.280. The topological polar surface area (TPSA) is 61.0 Å². The zero-order valence-corrected chi connectivity index (χ0v) is 16.0. The summed E-state index contributed by atoms with van der Waals surface area (Å²) >= 11 is 5.96. The lowest BCUT2D eigenvalue weighted by molar-refractivity contribution is -0.384. The zero-order chi connectivity index (χ0) is 21.5. The van der Waals surface area contributed by atoms with E-state index in [1.807, 2.05) is 0 Å². The summed E-state index contributed by atoms with van der Waals surface area (Å²) in [5.74, 6) is 0. The Hall–Kier alpha value is -3.39. The number of nitro groups is 1. The first-order valence-electron chi connectivity index (χ1n) is 8.80. The second-order valence-electron chi connectivity index (χ2n) is 6.64. The summed E-state index contributed by atoms with van der Waals surface area (Å²) in [6.07, 6.45) is -4.57. The third-order valence-electron chi connectivity index (χ3n) is 4.65. The normalized spacial score (nSPS) is 11.7. The molecule has 0 amide bonds. The molecular formula is C21H13ClF3N3O2. The minimum absolute atomic E-state index is 0.0611. The van der Waals surface area contributed by atoms with Gasteiger partial charge < -0.3 is 0 Å². The Bertz CT molecular complexity index is 1250. The van der Waals surface area contributed by atoms with E-state index in [1.165, 1.54) is 28.9 Å². The Morgan fingerprint density at radius 1 is 1.03 bits per heavy atom. The van der Waals surface area contributed by atoms with E-state index in [4.69, 9.17) is 11.6 Å². The summed E-state index contributed by atoms with van der Waals surface area (Å²) in [7, 11) is 0. The van der Waals surface area contributed by atoms with Gasteiger partial charge in [0.2, 0.25) is 0 Å². The fraction of sp³-hybridized carbons (Fsp3) is 0.0952. The van der Waals surface area contributed by atoms with Crippen LogP contribution >= 0.6 is 11.6 Å². The minimum atomic E-state index is -4.57. The predicted molar refractivity (Wildman–Crippen MR) is 107 cm³/mol. The molecule has 0 spiro atoms. The van der Waals surface area contributed by atoms with Crippen LogP contribution in [0.1, 0.15) is 11.1 Å². The summed E-state index contributed by atoms with van der Waals surface area (Å²) in [6, 6.07) is 16.5. The Kier molecular flexibility index (Phi) is 4.95. The molecule has 0 unspecified atom stereocenters. The SMILES string of the molecule is O=[N+]([O-])c1cccc(Cn2nc3c(C(F)(F)F)cccc3c2-c2ccc(Cl)cc2)c1. The van der Waals surface area contributed by atoms with Crippen molar-refractivity contribution in [2.75, 3.05) is 0 Å². The first kappa shape index (κ1) is 19.9. The molecule has 1 heterocycles. The van der Waals surface area contributed by atoms with Gasteiger partial charge in [0.05, 0.1) is 22.7 Å². The highest BCUT2D eigenvalue weighted by atomic mass is 35.5. The number of hydrogen-bond acceptors (Lipinski definition) is 3. The van der Waals surface area contributed by atoms with Gasteiger partial charge in [-0.15, -0.1) is 0 Å². The van der Waals surface area contributed by atoms with Crippen LogP contribution in [-0.2, 0) is 12.7 Å². The van der Waals surface area contributed by atoms with Crippen molar-refractivity contribution in [1.82, 2.24) is 9.78 Å². The lowest BCUT2D eigenvalue weighted by atomic mass is 10.0. The van der Waals surface area contributed by atoms with Gasteiger partial charge in [-0.3, -0.25) is 14.8 Å². The molecule has 0 aliphatic rings. The van der Waals surface area contributed by atoms with Gasteiger partial charge in [-0.25, -0.2) is 0 Å². The summed E-state index contributed by atoms with van der Waals surface area (Å²) in [6.45, 7) is 0.0611. The molecule has 9 heteroatoms. The van der Waals surface area contributed by atoms with E-state index < -0.39 is 16.7 Å². The zero-order valence-electron chi connectivity index (χ0n) is 15.2. The van der Waals surface area contributed by atoms with E-state index in [9.17, 15) is 23.3 Å². The van der Waals surface area contributed by atoms with Crippen LogP contribution in [0.3, 0.4) is 0 Å². The first-order chi connectivity index (χ1) is 14.2. The Morgan fingerprint density at radius 2 is 1.73 bits per heavy atom. The van der Waals surface area contributed by atoms with Crippen molar-refractivity contribution in [2.24, 2.45) is 0 Å². The van der Waals surface area contributed by atoms with Gasteiger partial charge >= 0.3 is 6.18 Å². The second kappa shape index (κ2) is 7.46. The van der Waals surface area contributed by atoms with E-state index in [-0.39, 0.29) is 17.7 Å². The summed E-state index contributed by atoms with van der Waals surface area (Å²) < 4.78 is 42.1. The average molecular weight is 432 g/mol. The minimum Gasteiger partial charge on any atom is -0.259 e. The molecule has 4 aromatic rings. The standard InChI is InChI=1S/C21H13ClF3N3O2/c22-15-9-7-14(8-10-15)20-17-5-2-6-18(21(23,24)25)19(17)26-27(20)12-13-3-1-4-16(11-13)28(29)30/h1-11H,12H2. The van der Waals surface area contributed by atoms with Crippen molar-refractivity contribution in [3.05, 3.63) is 93.0 Å². The summed E-state index contributed by atoms with van der Waals surface area (Å²) in [4.78, 5) is 10.5. The molecule has 0 aliphatic heterocycles. The van der Waals surface area contributed by atoms with Crippen LogP contribution < -0.4 is 0 Å². The van der Waals surface area contributed by atoms with Gasteiger partial charge in [-0.2, -0.15) is 18.3 Å². The molecule has 0 aliphatic carbocycles. The molecule has 0 saturated carbocycles. The maximum atomic E-state index is 13.5. The molecule has 0 N–H and O–H groups in total. The fourth-order valence-corrected chi connectivity index (χ4v) is 3.47. The van der Waals surface area contributed by atoms with E-state index in [0.29, 0.717) is 27.2 Å². The molecule has 4 rings (SSSR count). The van der Waals surface area contributed by atoms with Crippen molar-refractivity contribution in [1.29, 1.82) is 0 Å². The molecule has 5 nitrogen and oxygen atoms in total. The number of rotatable bonds is 4. The molecule has 0 saturated heterocycles. The van der Waals surface area contributed by atoms with Crippen LogP contribution in [0.2, 0.25) is 5.02 Å². The highest BCUT2D eigenvalue weighted by molar-refractivity contribution is 6.30. The molecule has 0 bridgehead atoms. The largest absolute Gasteiger partial charge is 0.418 e. The Balaban J connectivity index is 1.93. The molecule has 152 valence electrons. The van der Waals surface area contributed by atoms with Crippen LogP contribution in [0.25, 0.3) is 22.2 Å². The highest BCUT2D eigenvalue weighted by Gasteiger charge is 2.34. The number of hydrogen-bond donors (Lipinski definition) is 0. The third kappa shape index (κ3) is 3.73. The highest BCUT2D eigenvalue weighted by Crippen LogP contribution is 2.38. The van der Waals surface area contributed by atoms with Crippen molar-refractivity contribution < 1.29 is 18.1 Å². The van der Waals surface area contributed by atoms with E-state index in [1.54, 1.807) is 36.4 Å². The van der Waals surface area contributed by atoms with Gasteiger partial charge in [0.1, 0.15) is 5.52 Å². The van der Waals surface area contributed by atoms with Gasteiger partial charge in [0.15, 0.2) is 0 Å². The Morgan fingerprint density at radius 3 is 2.40 bits per heavy atom. The molecule has 0 radical (unpaired) electrons. The molecule has 1 aromatic heterocycles. The Labute approximate surface area is 173 Å². The average Bonchev–Trinajstić information content (AvgIpc) is 3.05. The maximum Gasteiger partial charge on any atom is 0.418 e. The fourth-order valence-electron chi connectivity index (χ4n) is 3.35. The third-order valence-corrected chi connectivity index (χ3v) is 4.90. The van der Waals surface area contributed by atoms with Gasteiger partial charge in [-0.05, 0) is 23.8 Å². The summed E-state index contributed by atoms with van der Waals surface area (Å²) in [5.41, 5.74) is 0.522. The number of non-ortho nitro benzene ring substituents is 1. The number of fused-ring (bicyclic) bond motifs is 1. The van der Waals surface area contributed by atoms with Crippen LogP contribution in [0.15, 0.2) is 66.7 Å². The predicted octanol–water partition coefficient (Wildman–Crippen LogP) is 6.33. The van der Waals surface area contributed by atoms with Crippen LogP contribution in [-0.4, -0.2) is 14.7 Å². The van der Waals surface area contributed by atoms with E-state index >= 15 is 0 Å². The van der Waals surface area contributed by atoms with E-state index in [2.05, 4.69) is 5.10 Å². The van der Waals surface area contributed by atoms with E-state index in [0.717, 1.165) is 6.07 Å². The number of nitro benzene ring substituents is 1. The van der Waals surface area contributed by atoms with Crippen molar-refractivity contribution in [2.45, 2.75) is 12.7 Å². The van der Waals surface area contributed by atoms with Crippen molar-refractivity contribution in [3.63, 3.8) is 0 Å². The monoisotopic (exact) mass is 431 g/mol. The van der Waals surface area contributed by atoms with Gasteiger partial charge in [0, 0.05) is 28.1 Å². The number of alkyl halides is 3. The summed E-state index contributed by atoms with van der Waals surface area (Å²) in [5, 5.41) is 16.1. The number of benzene rings is 3. The lowest BCUT2D eigenvalue weighted by Gasteiger charge is -2.09. The van der Waals surface area contributed by atoms with Crippen molar-refractivity contribution in [3.8, 4) is 11.3 Å². The van der Waals surface area contributed by atoms with Crippen LogP contribution in [0, 0.1) is 10.1 Å². The van der Waals surface area contributed by atoms with Gasteiger partial charge in [-0.1, -0.05) is 48.0 Å². The van der Waals surface area contributed by atoms with Crippen LogP contribution in [0.5, 0.6) is 0 Å². The molecule has 30 heavy (non-hydrogen) atoms. The molecule has 3 aromatic carbocycles. The first-order valence-corrected chi connectivity index (χ1v) is 9.18. The number of aromatic nitrogens is 2. The second-order valence-corrected chi connectivity index (χ2v) is 7.08. The smallest absolute Gasteiger partial charge is 0.259 e. The van der Waals surface area contributed by atoms with Crippen molar-refractivity contribution >= 4 is 28.2 Å². The number of nitrogens with zero attached hydrogens (tertiary/aromatic N) is 3. The number of halogens is 4.